The first-order valence-corrected chi connectivity index (χ1v) is 18.5. The molecule has 15 N–H and O–H groups in total. The molecule has 0 radical (unpaired) electrons. The van der Waals surface area contributed by atoms with Crippen molar-refractivity contribution in [1.29, 1.82) is 0 Å². The summed E-state index contributed by atoms with van der Waals surface area (Å²) in [6.45, 7) is 3.84. The smallest absolute Gasteiger partial charge is 0.322 e. The van der Waals surface area contributed by atoms with E-state index in [0.717, 1.165) is 0 Å². The molecule has 0 unspecified atom stereocenters. The van der Waals surface area contributed by atoms with Crippen LogP contribution in [0.25, 0.3) is 0 Å². The van der Waals surface area contributed by atoms with Crippen LogP contribution in [0.5, 0.6) is 5.75 Å². The number of phenolic OH excluding ortho intramolecular Hbond substituents is 1. The van der Waals surface area contributed by atoms with Crippen molar-refractivity contribution in [2.45, 2.75) is 83.6 Å². The maximum absolute atomic E-state index is 13.4. The van der Waals surface area contributed by atoms with Crippen LogP contribution in [0.2, 0.25) is 0 Å². The van der Waals surface area contributed by atoms with Crippen molar-refractivity contribution in [2.24, 2.45) is 23.3 Å². The van der Waals surface area contributed by atoms with Crippen molar-refractivity contribution in [3.63, 3.8) is 0 Å². The van der Waals surface area contributed by atoms with E-state index in [1.807, 2.05) is 0 Å². The number of aromatic hydroxyl groups is 1. The van der Waals surface area contributed by atoms with E-state index in [0.29, 0.717) is 5.56 Å². The lowest BCUT2D eigenvalue weighted by atomic mass is 10.0. The molecule has 0 aliphatic rings. The first-order chi connectivity index (χ1) is 28.0. The van der Waals surface area contributed by atoms with Gasteiger partial charge in [-0.2, -0.15) is 0 Å². The molecule has 1 aromatic carbocycles. The van der Waals surface area contributed by atoms with E-state index in [1.54, 1.807) is 27.7 Å². The average Bonchev–Trinajstić information content (AvgIpc) is 3.15. The van der Waals surface area contributed by atoms with Crippen molar-refractivity contribution >= 4 is 65.1 Å². The summed E-state index contributed by atoms with van der Waals surface area (Å²) < 4.78 is 0. The van der Waals surface area contributed by atoms with Crippen LogP contribution >= 0.6 is 0 Å². The molecule has 0 heterocycles. The third-order valence-corrected chi connectivity index (χ3v) is 8.11. The van der Waals surface area contributed by atoms with Gasteiger partial charge in [-0.05, 0) is 42.4 Å². The van der Waals surface area contributed by atoms with Gasteiger partial charge in [0.05, 0.1) is 38.5 Å². The van der Waals surface area contributed by atoms with Crippen LogP contribution in [-0.4, -0.2) is 137 Å². The molecule has 24 heteroatoms. The van der Waals surface area contributed by atoms with Gasteiger partial charge in [0.15, 0.2) is 0 Å². The van der Waals surface area contributed by atoms with Crippen LogP contribution in [0.3, 0.4) is 0 Å². The fourth-order valence-electron chi connectivity index (χ4n) is 5.10. The zero-order valence-electron chi connectivity index (χ0n) is 33.5. The minimum absolute atomic E-state index is 0.0216. The molecule has 0 aromatic heterocycles. The van der Waals surface area contributed by atoms with Crippen LogP contribution in [0, 0.1) is 11.8 Å². The predicted molar refractivity (Wildman–Crippen MR) is 208 cm³/mol. The fraction of sp³-hybridized carbons (Fsp3) is 0.528. The lowest BCUT2D eigenvalue weighted by Crippen LogP contribution is -2.59. The Morgan fingerprint density at radius 3 is 1.57 bits per heavy atom. The van der Waals surface area contributed by atoms with Gasteiger partial charge in [0, 0.05) is 0 Å². The largest absolute Gasteiger partial charge is 0.508 e. The second-order valence-electron chi connectivity index (χ2n) is 14.2. The van der Waals surface area contributed by atoms with Gasteiger partial charge in [0.2, 0.25) is 53.2 Å². The summed E-state index contributed by atoms with van der Waals surface area (Å²) in [5.41, 5.74) is 11.8. The number of phenols is 1. The number of carboxylic acids is 2. The number of primary amides is 1. The molecule has 0 fully saturated rings. The molecule has 0 aliphatic heterocycles. The summed E-state index contributed by atoms with van der Waals surface area (Å²) in [5.74, 6) is -11.9. The number of hydrogen-bond acceptors (Lipinski definition) is 13. The highest BCUT2D eigenvalue weighted by Crippen LogP contribution is 2.12. The molecule has 1 aromatic rings. The number of nitrogens with one attached hydrogen (secondary N) is 8. The standard InChI is InChI=1S/C36H54N10O14/c1-17(2)9-22(44-35(59)24(12-29(52)53)43-32(56)21(37)10-19-5-7-20(47)8-6-19)34(58)45-23(11-25(38)48)33(57)41-14-27(50)39-13-26(49)40-15-28(51)46-31(18(3)4)36(60)42-16-30(54)55/h5-8,17-18,21-24,31,47H,9-16,37H2,1-4H3,(H2,38,48)(H,39,50)(H,40,49)(H,41,57)(H,42,60)(H,43,56)(H,44,59)(H,45,58)(H,46,51)(H,52,53)(H,54,55)/t21-,22-,23-,24-,31-/m0/s1. The average molecular weight is 851 g/mol. The third kappa shape index (κ3) is 20.5. The van der Waals surface area contributed by atoms with Gasteiger partial charge < -0.3 is 69.3 Å². The Hall–Kier alpha value is -6.85. The normalized spacial score (nSPS) is 13.2. The Morgan fingerprint density at radius 2 is 1.05 bits per heavy atom. The van der Waals surface area contributed by atoms with Gasteiger partial charge in [0.1, 0.15) is 36.5 Å². The van der Waals surface area contributed by atoms with Crippen LogP contribution in [0.1, 0.15) is 52.5 Å². The molecule has 9 amide bonds. The highest BCUT2D eigenvalue weighted by molar-refractivity contribution is 5.98. The number of carboxylic acid groups (broad SMARTS) is 2. The van der Waals surface area contributed by atoms with Crippen molar-refractivity contribution < 1.29 is 68.1 Å². The molecule has 0 saturated carbocycles. The Kier molecular flexibility index (Phi) is 21.7. The number of carbonyl (C=O) groups excluding carboxylic acids is 9. The van der Waals surface area contributed by atoms with Crippen molar-refractivity contribution in [3.05, 3.63) is 29.8 Å². The van der Waals surface area contributed by atoms with Gasteiger partial charge in [-0.15, -0.1) is 0 Å². The van der Waals surface area contributed by atoms with Crippen molar-refractivity contribution in [3.8, 4) is 5.75 Å². The molecular formula is C36H54N10O14. The van der Waals surface area contributed by atoms with Crippen LogP contribution < -0.4 is 54.0 Å². The molecule has 60 heavy (non-hydrogen) atoms. The fourth-order valence-corrected chi connectivity index (χ4v) is 5.10. The lowest BCUT2D eigenvalue weighted by Gasteiger charge is -2.26. The Balaban J connectivity index is 2.85. The molecule has 0 aliphatic carbocycles. The van der Waals surface area contributed by atoms with E-state index in [1.165, 1.54) is 24.3 Å². The van der Waals surface area contributed by atoms with Gasteiger partial charge in [0.25, 0.3) is 0 Å². The van der Waals surface area contributed by atoms with E-state index >= 15 is 0 Å². The number of carbonyl (C=O) groups is 11. The Morgan fingerprint density at radius 1 is 0.567 bits per heavy atom. The number of aliphatic carboxylic acids is 2. The predicted octanol–water partition coefficient (Wildman–Crippen LogP) is -5.20. The van der Waals surface area contributed by atoms with E-state index in [9.17, 15) is 63.0 Å². The topological polar surface area (TPSA) is 397 Å². The number of benzene rings is 1. The van der Waals surface area contributed by atoms with Gasteiger partial charge in [-0.3, -0.25) is 52.7 Å². The molecule has 0 saturated heterocycles. The first kappa shape index (κ1) is 51.2. The van der Waals surface area contributed by atoms with Gasteiger partial charge in [-0.25, -0.2) is 0 Å². The molecule has 332 valence electrons. The van der Waals surface area contributed by atoms with Gasteiger partial charge in [-0.1, -0.05) is 39.8 Å². The second kappa shape index (κ2) is 25.5. The van der Waals surface area contributed by atoms with Crippen LogP contribution in [0.15, 0.2) is 24.3 Å². The second-order valence-corrected chi connectivity index (χ2v) is 14.2. The first-order valence-electron chi connectivity index (χ1n) is 18.5. The summed E-state index contributed by atoms with van der Waals surface area (Å²) in [4.78, 5) is 136. The summed E-state index contributed by atoms with van der Waals surface area (Å²) in [7, 11) is 0. The number of amides is 9. The molecule has 5 atom stereocenters. The van der Waals surface area contributed by atoms with Crippen LogP contribution in [0.4, 0.5) is 0 Å². The number of rotatable bonds is 26. The minimum atomic E-state index is -1.70. The third-order valence-electron chi connectivity index (χ3n) is 8.11. The lowest BCUT2D eigenvalue weighted by molar-refractivity contribution is -0.141. The van der Waals surface area contributed by atoms with Gasteiger partial charge >= 0.3 is 11.9 Å². The maximum atomic E-state index is 13.4. The molecule has 0 bridgehead atoms. The molecule has 0 spiro atoms. The number of nitrogens with two attached hydrogens (primary N) is 2. The maximum Gasteiger partial charge on any atom is 0.322 e. The monoisotopic (exact) mass is 850 g/mol. The van der Waals surface area contributed by atoms with E-state index in [4.69, 9.17) is 16.6 Å². The summed E-state index contributed by atoms with van der Waals surface area (Å²) >= 11 is 0. The summed E-state index contributed by atoms with van der Waals surface area (Å²) in [6, 6.07) is -1.38. The quantitative estimate of drug-likeness (QED) is 0.0414. The highest BCUT2D eigenvalue weighted by Gasteiger charge is 2.33. The van der Waals surface area contributed by atoms with Crippen LogP contribution in [-0.2, 0) is 59.2 Å². The minimum Gasteiger partial charge on any atom is -0.508 e. The van der Waals surface area contributed by atoms with E-state index < -0.39 is 140 Å². The Bertz CT molecular complexity index is 1740. The van der Waals surface area contributed by atoms with Crippen molar-refractivity contribution in [2.75, 3.05) is 26.2 Å². The molecular weight excluding hydrogens is 796 g/mol. The zero-order chi connectivity index (χ0) is 45.7. The Labute approximate surface area is 344 Å². The summed E-state index contributed by atoms with van der Waals surface area (Å²) in [6.07, 6.45) is -1.76. The van der Waals surface area contributed by atoms with Crippen molar-refractivity contribution in [1.82, 2.24) is 42.5 Å². The molecule has 1 rings (SSSR count). The highest BCUT2D eigenvalue weighted by atomic mass is 16.4. The summed E-state index contributed by atoms with van der Waals surface area (Å²) in [5, 5.41) is 45.6. The zero-order valence-corrected chi connectivity index (χ0v) is 33.5. The van der Waals surface area contributed by atoms with E-state index in [2.05, 4.69) is 42.5 Å². The van der Waals surface area contributed by atoms with E-state index in [-0.39, 0.29) is 24.5 Å². The molecule has 24 nitrogen and oxygen atoms in total. The SMILES string of the molecule is CC(C)C[C@H](NC(=O)[C@H](CC(=O)O)NC(=O)[C@@H](N)Cc1ccc(O)cc1)C(=O)N[C@@H](CC(N)=O)C(=O)NCC(=O)NCC(=O)NCC(=O)N[C@H](C(=O)NCC(=O)O)C(C)C. The number of hydrogen-bond donors (Lipinski definition) is 13.